The molecule has 0 nitrogen and oxygen atoms in total. The van der Waals surface area contributed by atoms with Crippen LogP contribution in [-0.4, -0.2) is 0 Å². The molecule has 0 spiro atoms. The molecule has 0 heterocycles. The van der Waals surface area contributed by atoms with Gasteiger partial charge in [0.15, 0.2) is 0 Å². The Labute approximate surface area is 220 Å². The van der Waals surface area contributed by atoms with Crippen LogP contribution in [-0.2, 0) is 0 Å². The van der Waals surface area contributed by atoms with E-state index in [0.29, 0.717) is 0 Å². The third-order valence-electron chi connectivity index (χ3n) is 5.85. The van der Waals surface area contributed by atoms with E-state index in [0.717, 1.165) is 34.6 Å². The van der Waals surface area contributed by atoms with Crippen LogP contribution in [0.2, 0.25) is 0 Å². The van der Waals surface area contributed by atoms with Gasteiger partial charge >= 0.3 is 0 Å². The van der Waals surface area contributed by atoms with Crippen LogP contribution in [0.15, 0.2) is 118 Å². The van der Waals surface area contributed by atoms with E-state index >= 15 is 0 Å². The number of hydrogen-bond acceptors (Lipinski definition) is 0. The molecule has 0 fully saturated rings. The summed E-state index contributed by atoms with van der Waals surface area (Å²) in [5.41, 5.74) is 7.87. The summed E-state index contributed by atoms with van der Waals surface area (Å²) in [4.78, 5) is 0. The van der Waals surface area contributed by atoms with Gasteiger partial charge in [0.1, 0.15) is 0 Å². The monoisotopic (exact) mass is 570 g/mol. The molecule has 4 rings (SSSR count). The minimum absolute atomic E-state index is 1.06. The first-order valence-corrected chi connectivity index (χ1v) is 13.3. The average Bonchev–Trinajstić information content (AvgIpc) is 2.88. The highest BCUT2D eigenvalue weighted by atomic mass is 79.9. The van der Waals surface area contributed by atoms with Crippen LogP contribution < -0.4 is 0 Å². The summed E-state index contributed by atoms with van der Waals surface area (Å²) in [6.07, 6.45) is 9.06. The summed E-state index contributed by atoms with van der Waals surface area (Å²) < 4.78 is 2.22. The van der Waals surface area contributed by atoms with Crippen LogP contribution >= 0.6 is 31.9 Å². The van der Waals surface area contributed by atoms with Crippen molar-refractivity contribution in [3.05, 3.63) is 140 Å². The Hall–Kier alpha value is -2.68. The van der Waals surface area contributed by atoms with Crippen molar-refractivity contribution < 1.29 is 0 Å². The SMILES string of the molecule is Brc1ccc(/C=C(/CCCC/C(=C/c2ccc(Br)cc2)c2ccccc2)c2ccccc2)cc1. The number of allylic oxidation sites excluding steroid dienone is 2. The zero-order chi connectivity index (χ0) is 23.6. The summed E-state index contributed by atoms with van der Waals surface area (Å²) in [5, 5.41) is 0. The Morgan fingerprint density at radius 2 is 0.824 bits per heavy atom. The van der Waals surface area contributed by atoms with Crippen LogP contribution in [0.5, 0.6) is 0 Å². The van der Waals surface area contributed by atoms with E-state index < -0.39 is 0 Å². The van der Waals surface area contributed by atoms with Crippen molar-refractivity contribution in [3.63, 3.8) is 0 Å². The molecule has 0 aromatic heterocycles. The van der Waals surface area contributed by atoms with E-state index in [1.54, 1.807) is 0 Å². The molecule has 0 amide bonds. The summed E-state index contributed by atoms with van der Waals surface area (Å²) in [6, 6.07) is 38.6. The van der Waals surface area contributed by atoms with Gasteiger partial charge in [0, 0.05) is 8.95 Å². The molecule has 0 aliphatic rings. The van der Waals surface area contributed by atoms with E-state index in [2.05, 4.69) is 153 Å². The quantitative estimate of drug-likeness (QED) is 0.138. The fourth-order valence-corrected chi connectivity index (χ4v) is 4.58. The lowest BCUT2D eigenvalue weighted by atomic mass is 9.94. The van der Waals surface area contributed by atoms with Gasteiger partial charge < -0.3 is 0 Å². The van der Waals surface area contributed by atoms with Gasteiger partial charge in [-0.1, -0.05) is 129 Å². The predicted molar refractivity (Wildman–Crippen MR) is 155 cm³/mol. The predicted octanol–water partition coefficient (Wildman–Crippen LogP) is 10.6. The first-order chi connectivity index (χ1) is 16.7. The van der Waals surface area contributed by atoms with Crippen molar-refractivity contribution in [1.29, 1.82) is 0 Å². The first kappa shape index (κ1) is 24.4. The molecule has 170 valence electrons. The normalized spacial score (nSPS) is 12.1. The molecule has 0 saturated heterocycles. The van der Waals surface area contributed by atoms with E-state index in [4.69, 9.17) is 0 Å². The third kappa shape index (κ3) is 7.41. The Morgan fingerprint density at radius 1 is 0.471 bits per heavy atom. The highest BCUT2D eigenvalue weighted by Gasteiger charge is 2.06. The fraction of sp³-hybridized carbons (Fsp3) is 0.125. The molecule has 0 radical (unpaired) electrons. The smallest absolute Gasteiger partial charge is 0.0175 e. The van der Waals surface area contributed by atoms with E-state index in [1.165, 1.54) is 33.4 Å². The lowest BCUT2D eigenvalue weighted by Gasteiger charge is -2.11. The fourth-order valence-electron chi connectivity index (χ4n) is 4.06. The highest BCUT2D eigenvalue weighted by molar-refractivity contribution is 9.10. The maximum absolute atomic E-state index is 3.54. The first-order valence-electron chi connectivity index (χ1n) is 11.7. The lowest BCUT2D eigenvalue weighted by Crippen LogP contribution is -1.89. The number of benzene rings is 4. The van der Waals surface area contributed by atoms with Gasteiger partial charge in [-0.25, -0.2) is 0 Å². The Balaban J connectivity index is 1.48. The van der Waals surface area contributed by atoms with Gasteiger partial charge in [-0.05, 0) is 83.3 Å². The van der Waals surface area contributed by atoms with Crippen LogP contribution in [0.3, 0.4) is 0 Å². The van der Waals surface area contributed by atoms with Crippen LogP contribution in [0.4, 0.5) is 0 Å². The summed E-state index contributed by atoms with van der Waals surface area (Å²) in [5.74, 6) is 0. The number of halogens is 2. The molecule has 0 bridgehead atoms. The van der Waals surface area contributed by atoms with Crippen molar-refractivity contribution >= 4 is 55.2 Å². The maximum Gasteiger partial charge on any atom is 0.0175 e. The molecule has 0 atom stereocenters. The van der Waals surface area contributed by atoms with Gasteiger partial charge in [-0.15, -0.1) is 0 Å². The Bertz CT molecular complexity index is 1120. The Kier molecular flexibility index (Phi) is 9.12. The molecule has 0 saturated carbocycles. The van der Waals surface area contributed by atoms with Crippen molar-refractivity contribution in [2.24, 2.45) is 0 Å². The van der Waals surface area contributed by atoms with Crippen molar-refractivity contribution in [2.75, 3.05) is 0 Å². The number of rotatable bonds is 9. The van der Waals surface area contributed by atoms with E-state index in [9.17, 15) is 0 Å². The van der Waals surface area contributed by atoms with Gasteiger partial charge in [-0.2, -0.15) is 0 Å². The molecule has 0 aliphatic carbocycles. The maximum atomic E-state index is 3.54. The minimum atomic E-state index is 1.06. The largest absolute Gasteiger partial charge is 0.0622 e. The summed E-state index contributed by atoms with van der Waals surface area (Å²) in [6.45, 7) is 0. The standard InChI is InChI=1S/C32H28Br2/c33-31-19-15-25(16-20-31)23-29(27-9-3-1-4-10-27)13-7-8-14-30(28-11-5-2-6-12-28)24-26-17-21-32(34)22-18-26/h1-6,9-12,15-24H,7-8,13-14H2/b29-23-,30-24-. The van der Waals surface area contributed by atoms with Crippen LogP contribution in [0, 0.1) is 0 Å². The summed E-state index contributed by atoms with van der Waals surface area (Å²) >= 11 is 7.08. The molecule has 0 N–H and O–H groups in total. The van der Waals surface area contributed by atoms with Crippen molar-refractivity contribution in [3.8, 4) is 0 Å². The third-order valence-corrected chi connectivity index (χ3v) is 6.91. The molecule has 34 heavy (non-hydrogen) atoms. The van der Waals surface area contributed by atoms with E-state index in [-0.39, 0.29) is 0 Å². The highest BCUT2D eigenvalue weighted by Crippen LogP contribution is 2.28. The topological polar surface area (TPSA) is 0 Å². The molecule has 4 aromatic rings. The zero-order valence-electron chi connectivity index (χ0n) is 19.1. The van der Waals surface area contributed by atoms with Gasteiger partial charge in [-0.3, -0.25) is 0 Å². The lowest BCUT2D eigenvalue weighted by molar-refractivity contribution is 0.779. The summed E-state index contributed by atoms with van der Waals surface area (Å²) in [7, 11) is 0. The molecule has 0 unspecified atom stereocenters. The second kappa shape index (κ2) is 12.7. The van der Waals surface area contributed by atoms with Crippen molar-refractivity contribution in [1.82, 2.24) is 0 Å². The van der Waals surface area contributed by atoms with Crippen molar-refractivity contribution in [2.45, 2.75) is 25.7 Å². The van der Waals surface area contributed by atoms with Gasteiger partial charge in [0.05, 0.1) is 0 Å². The average molecular weight is 572 g/mol. The molecular weight excluding hydrogens is 544 g/mol. The minimum Gasteiger partial charge on any atom is -0.0622 e. The van der Waals surface area contributed by atoms with Crippen LogP contribution in [0.1, 0.15) is 47.9 Å². The molecule has 2 heteroatoms. The second-order valence-electron chi connectivity index (χ2n) is 8.38. The molecule has 0 aliphatic heterocycles. The number of hydrogen-bond donors (Lipinski definition) is 0. The number of unbranched alkanes of at least 4 members (excludes halogenated alkanes) is 1. The van der Waals surface area contributed by atoms with Crippen LogP contribution in [0.25, 0.3) is 23.3 Å². The molecule has 4 aromatic carbocycles. The molecular formula is C32H28Br2. The zero-order valence-corrected chi connectivity index (χ0v) is 22.3. The van der Waals surface area contributed by atoms with E-state index in [1.807, 2.05) is 0 Å². The Morgan fingerprint density at radius 3 is 1.18 bits per heavy atom. The van der Waals surface area contributed by atoms with Gasteiger partial charge in [0.2, 0.25) is 0 Å². The van der Waals surface area contributed by atoms with Gasteiger partial charge in [0.25, 0.3) is 0 Å². The second-order valence-corrected chi connectivity index (χ2v) is 10.2.